The molecule has 1 aliphatic heterocycles. The topological polar surface area (TPSA) is 18.5 Å². The van der Waals surface area contributed by atoms with Crippen LogP contribution in [0.2, 0.25) is 0 Å². The third kappa shape index (κ3) is 4.87. The van der Waals surface area contributed by atoms with Gasteiger partial charge in [-0.05, 0) is 41.3 Å². The Labute approximate surface area is 184 Å². The van der Waals surface area contributed by atoms with E-state index in [1.807, 2.05) is 24.3 Å². The van der Waals surface area contributed by atoms with E-state index in [4.69, 9.17) is 9.47 Å². The van der Waals surface area contributed by atoms with Crippen molar-refractivity contribution in [2.45, 2.75) is 32.5 Å². The Morgan fingerprint density at radius 2 is 1.34 bits per heavy atom. The molecule has 0 N–H and O–H groups in total. The van der Waals surface area contributed by atoms with Gasteiger partial charge in [-0.15, -0.1) is 0 Å². The number of hydrogen-bond acceptors (Lipinski definition) is 2. The Morgan fingerprint density at radius 3 is 1.94 bits per heavy atom. The molecular weight excluding hydrogens is 420 g/mol. The lowest BCUT2D eigenvalue weighted by atomic mass is 9.98. The van der Waals surface area contributed by atoms with E-state index < -0.39 is 29.6 Å². The highest BCUT2D eigenvalue weighted by atomic mass is 19.2. The maximum Gasteiger partial charge on any atom is 0.194 e. The van der Waals surface area contributed by atoms with Crippen molar-refractivity contribution in [2.75, 3.05) is 13.2 Å². The van der Waals surface area contributed by atoms with Gasteiger partial charge in [0.05, 0.1) is 13.2 Å². The first kappa shape index (κ1) is 22.5. The molecule has 0 atom stereocenters. The number of unbranched alkanes of at least 4 members (excludes halogenated alkanes) is 1. The summed E-state index contributed by atoms with van der Waals surface area (Å²) in [6.07, 6.45) is 3.00. The van der Waals surface area contributed by atoms with Gasteiger partial charge in [0, 0.05) is 17.0 Å². The average Bonchev–Trinajstić information content (AvgIpc) is 2.81. The third-order valence-electron chi connectivity index (χ3n) is 5.71. The molecule has 0 radical (unpaired) electrons. The summed E-state index contributed by atoms with van der Waals surface area (Å²) >= 11 is 0. The molecule has 0 aromatic heterocycles. The van der Waals surface area contributed by atoms with Gasteiger partial charge in [-0.2, -0.15) is 0 Å². The molecule has 0 bridgehead atoms. The van der Waals surface area contributed by atoms with Crippen molar-refractivity contribution in [3.63, 3.8) is 0 Å². The summed E-state index contributed by atoms with van der Waals surface area (Å²) in [5.74, 6) is -4.52. The molecule has 0 amide bonds. The van der Waals surface area contributed by atoms with Gasteiger partial charge in [0.15, 0.2) is 23.7 Å². The van der Waals surface area contributed by atoms with Gasteiger partial charge in [0.25, 0.3) is 0 Å². The maximum absolute atomic E-state index is 14.7. The third-order valence-corrected chi connectivity index (χ3v) is 5.71. The Kier molecular flexibility index (Phi) is 6.92. The smallest absolute Gasteiger partial charge is 0.194 e. The molecule has 3 aromatic rings. The molecule has 1 heterocycles. The highest BCUT2D eigenvalue weighted by Gasteiger charge is 2.23. The van der Waals surface area contributed by atoms with Gasteiger partial charge >= 0.3 is 0 Å². The fourth-order valence-corrected chi connectivity index (χ4v) is 3.87. The van der Waals surface area contributed by atoms with Crippen LogP contribution in [0.25, 0.3) is 22.3 Å². The van der Waals surface area contributed by atoms with E-state index in [1.54, 1.807) is 6.07 Å². The molecule has 0 spiro atoms. The van der Waals surface area contributed by atoms with E-state index in [-0.39, 0.29) is 11.1 Å². The van der Waals surface area contributed by atoms with E-state index in [0.29, 0.717) is 24.7 Å². The van der Waals surface area contributed by atoms with Crippen LogP contribution >= 0.6 is 0 Å². The highest BCUT2D eigenvalue weighted by molar-refractivity contribution is 5.71. The predicted octanol–water partition coefficient (Wildman–Crippen LogP) is 7.43. The minimum atomic E-state index is -1.58. The van der Waals surface area contributed by atoms with Crippen LogP contribution in [0.3, 0.4) is 0 Å². The van der Waals surface area contributed by atoms with Crippen LogP contribution in [0.4, 0.5) is 17.6 Å². The summed E-state index contributed by atoms with van der Waals surface area (Å²) < 4.78 is 66.6. The molecular formula is C26H24F4O2. The molecule has 0 unspecified atom stereocenters. The van der Waals surface area contributed by atoms with E-state index in [9.17, 15) is 17.6 Å². The summed E-state index contributed by atoms with van der Waals surface area (Å²) in [5.41, 5.74) is 2.18. The van der Waals surface area contributed by atoms with Crippen molar-refractivity contribution in [3.8, 4) is 22.3 Å². The van der Waals surface area contributed by atoms with Crippen LogP contribution in [-0.2, 0) is 9.47 Å². The SMILES string of the molecule is CCCCC1COC(c2ccc(-c3ccc(-c4cc(F)c(F)c(F)c4)c(F)c3)cc2)OC1. The molecule has 0 aliphatic carbocycles. The first-order chi connectivity index (χ1) is 15.5. The molecule has 4 rings (SSSR count). The van der Waals surface area contributed by atoms with Gasteiger partial charge in [-0.1, -0.05) is 56.2 Å². The molecule has 1 fully saturated rings. The molecule has 2 nitrogen and oxygen atoms in total. The Hall–Kier alpha value is -2.70. The molecule has 3 aromatic carbocycles. The lowest BCUT2D eigenvalue weighted by Crippen LogP contribution is -2.27. The summed E-state index contributed by atoms with van der Waals surface area (Å²) in [5, 5.41) is 0. The normalized spacial score (nSPS) is 18.7. The zero-order valence-corrected chi connectivity index (χ0v) is 17.7. The number of halogens is 4. The molecule has 1 saturated heterocycles. The Bertz CT molecular complexity index is 1050. The van der Waals surface area contributed by atoms with Gasteiger partial charge in [-0.25, -0.2) is 17.6 Å². The second-order valence-electron chi connectivity index (χ2n) is 8.08. The maximum atomic E-state index is 14.7. The number of ether oxygens (including phenoxy) is 2. The average molecular weight is 444 g/mol. The Balaban J connectivity index is 1.47. The fourth-order valence-electron chi connectivity index (χ4n) is 3.87. The van der Waals surface area contributed by atoms with Crippen LogP contribution in [0.15, 0.2) is 54.6 Å². The monoisotopic (exact) mass is 444 g/mol. The van der Waals surface area contributed by atoms with E-state index in [1.165, 1.54) is 12.1 Å². The summed E-state index contributed by atoms with van der Waals surface area (Å²) in [6, 6.07) is 13.4. The summed E-state index contributed by atoms with van der Waals surface area (Å²) in [6.45, 7) is 3.50. The van der Waals surface area contributed by atoms with E-state index >= 15 is 0 Å². The zero-order valence-electron chi connectivity index (χ0n) is 17.7. The van der Waals surface area contributed by atoms with E-state index in [2.05, 4.69) is 6.92 Å². The quantitative estimate of drug-likeness (QED) is 0.291. The van der Waals surface area contributed by atoms with Crippen LogP contribution in [0.1, 0.15) is 38.0 Å². The predicted molar refractivity (Wildman–Crippen MR) is 115 cm³/mol. The van der Waals surface area contributed by atoms with Crippen molar-refractivity contribution in [3.05, 3.63) is 83.4 Å². The lowest BCUT2D eigenvalue weighted by molar-refractivity contribution is -0.206. The van der Waals surface area contributed by atoms with Crippen molar-refractivity contribution in [1.29, 1.82) is 0 Å². The van der Waals surface area contributed by atoms with Crippen molar-refractivity contribution >= 4 is 0 Å². The van der Waals surface area contributed by atoms with Crippen molar-refractivity contribution < 1.29 is 27.0 Å². The molecule has 0 saturated carbocycles. The van der Waals surface area contributed by atoms with Crippen LogP contribution in [-0.4, -0.2) is 13.2 Å². The number of hydrogen-bond donors (Lipinski definition) is 0. The van der Waals surface area contributed by atoms with Crippen LogP contribution < -0.4 is 0 Å². The number of rotatable bonds is 6. The first-order valence-electron chi connectivity index (χ1n) is 10.7. The molecule has 32 heavy (non-hydrogen) atoms. The van der Waals surface area contributed by atoms with Gasteiger partial charge < -0.3 is 9.47 Å². The fraction of sp³-hybridized carbons (Fsp3) is 0.308. The Morgan fingerprint density at radius 1 is 0.750 bits per heavy atom. The second kappa shape index (κ2) is 9.84. The first-order valence-corrected chi connectivity index (χ1v) is 10.7. The minimum Gasteiger partial charge on any atom is -0.348 e. The minimum absolute atomic E-state index is 0.00944. The molecule has 168 valence electrons. The van der Waals surface area contributed by atoms with Crippen molar-refractivity contribution in [2.24, 2.45) is 5.92 Å². The van der Waals surface area contributed by atoms with Crippen LogP contribution in [0.5, 0.6) is 0 Å². The highest BCUT2D eigenvalue weighted by Crippen LogP contribution is 2.32. The molecule has 6 heteroatoms. The number of benzene rings is 3. The zero-order chi connectivity index (χ0) is 22.7. The lowest BCUT2D eigenvalue weighted by Gasteiger charge is -2.29. The van der Waals surface area contributed by atoms with Gasteiger partial charge in [0.1, 0.15) is 5.82 Å². The molecule has 1 aliphatic rings. The van der Waals surface area contributed by atoms with E-state index in [0.717, 1.165) is 42.5 Å². The summed E-state index contributed by atoms with van der Waals surface area (Å²) in [4.78, 5) is 0. The standard InChI is InChI=1S/C26H24F4O2/c1-2-3-4-16-14-31-26(32-15-16)18-7-5-17(6-8-18)19-9-10-21(22(27)11-19)20-12-23(28)25(30)24(29)13-20/h5-13,16,26H,2-4,14-15H2,1H3. The van der Waals surface area contributed by atoms with Crippen LogP contribution in [0, 0.1) is 29.2 Å². The van der Waals surface area contributed by atoms with Gasteiger partial charge in [0.2, 0.25) is 0 Å². The second-order valence-corrected chi connectivity index (χ2v) is 8.08. The van der Waals surface area contributed by atoms with Crippen molar-refractivity contribution in [1.82, 2.24) is 0 Å². The summed E-state index contributed by atoms with van der Waals surface area (Å²) in [7, 11) is 0. The van der Waals surface area contributed by atoms with Gasteiger partial charge in [-0.3, -0.25) is 0 Å². The largest absolute Gasteiger partial charge is 0.348 e.